The van der Waals surface area contributed by atoms with Crippen LogP contribution in [0.25, 0.3) is 6.20 Å². The molecule has 1 aromatic heterocycles. The van der Waals surface area contributed by atoms with Crippen LogP contribution in [0, 0.1) is 5.41 Å². The van der Waals surface area contributed by atoms with Crippen LogP contribution in [0.3, 0.4) is 0 Å². The number of pyridine rings is 1. The zero-order valence-corrected chi connectivity index (χ0v) is 15.9. The lowest BCUT2D eigenvalue weighted by Crippen LogP contribution is -2.40. The smallest absolute Gasteiger partial charge is 0.252 e. The molecule has 0 bridgehead atoms. The van der Waals surface area contributed by atoms with Crippen LogP contribution in [0.1, 0.15) is 68.6 Å². The van der Waals surface area contributed by atoms with Gasteiger partial charge in [0.15, 0.2) is 0 Å². The van der Waals surface area contributed by atoms with E-state index in [1.54, 1.807) is 24.5 Å². The highest BCUT2D eigenvalue weighted by atomic mass is 19.3. The molecule has 0 atom stereocenters. The van der Waals surface area contributed by atoms with Crippen LogP contribution >= 0.6 is 0 Å². The van der Waals surface area contributed by atoms with Crippen LogP contribution in [0.4, 0.5) is 8.78 Å². The molecule has 0 spiro atoms. The summed E-state index contributed by atoms with van der Waals surface area (Å²) < 4.78 is 27.7. The maximum Gasteiger partial charge on any atom is 0.252 e. The number of nitrogens with one attached hydrogen (secondary N) is 2. The molecule has 2 aliphatic rings. The van der Waals surface area contributed by atoms with Gasteiger partial charge in [0, 0.05) is 37.3 Å². The first-order valence-corrected chi connectivity index (χ1v) is 9.64. The molecule has 1 heterocycles. The Morgan fingerprint density at radius 1 is 1.26 bits per heavy atom. The Bertz CT molecular complexity index is 698. The minimum Gasteiger partial charge on any atom is -0.349 e. The molecule has 2 saturated carbocycles. The number of alkyl halides is 2. The van der Waals surface area contributed by atoms with Crippen molar-refractivity contribution in [3.63, 3.8) is 0 Å². The highest BCUT2D eigenvalue weighted by Crippen LogP contribution is 2.33. The van der Waals surface area contributed by atoms with Crippen molar-refractivity contribution in [1.82, 2.24) is 9.88 Å². The van der Waals surface area contributed by atoms with Crippen molar-refractivity contribution in [3.8, 4) is 0 Å². The Morgan fingerprint density at radius 2 is 1.89 bits per heavy atom. The van der Waals surface area contributed by atoms with Crippen LogP contribution in [-0.4, -0.2) is 28.5 Å². The molecule has 1 aromatic rings. The fraction of sp³-hybridized carbons (Fsp3) is 0.600. The first-order valence-electron chi connectivity index (χ1n) is 9.64. The normalized spacial score (nSPS) is 20.3. The number of aromatic nitrogens is 1. The average Bonchev–Trinajstić information content (AvgIpc) is 3.10. The third kappa shape index (κ3) is 6.90. The molecule has 150 valence electrons. The van der Waals surface area contributed by atoms with E-state index < -0.39 is 5.92 Å². The second kappa shape index (κ2) is 9.78. The number of hydrogen-bond donors (Lipinski definition) is 3. The van der Waals surface area contributed by atoms with Gasteiger partial charge in [0.25, 0.3) is 5.91 Å². The van der Waals surface area contributed by atoms with E-state index in [9.17, 15) is 13.6 Å². The van der Waals surface area contributed by atoms with Crippen molar-refractivity contribution < 1.29 is 13.6 Å². The summed E-state index contributed by atoms with van der Waals surface area (Å²) in [4.78, 5) is 12.1. The Kier molecular flexibility index (Phi) is 7.71. The molecule has 1 amide bonds. The first-order chi connectivity index (χ1) is 12.8. The lowest BCUT2D eigenvalue weighted by atomic mass is 9.92. The van der Waals surface area contributed by atoms with Crippen LogP contribution in [0.5, 0.6) is 0 Å². The molecule has 0 radical (unpaired) electrons. The van der Waals surface area contributed by atoms with E-state index >= 15 is 0 Å². The van der Waals surface area contributed by atoms with E-state index in [1.165, 1.54) is 36.3 Å². The van der Waals surface area contributed by atoms with E-state index in [1.807, 2.05) is 6.92 Å². The zero-order valence-electron chi connectivity index (χ0n) is 15.9. The highest BCUT2D eigenvalue weighted by molar-refractivity contribution is 5.94. The molecule has 0 saturated heterocycles. The predicted molar refractivity (Wildman–Crippen MR) is 102 cm³/mol. The summed E-state index contributed by atoms with van der Waals surface area (Å²) in [5.74, 6) is -2.88. The lowest BCUT2D eigenvalue weighted by Gasteiger charge is -2.28. The Hall–Kier alpha value is -2.02. The van der Waals surface area contributed by atoms with Crippen LogP contribution in [0.15, 0.2) is 24.4 Å². The van der Waals surface area contributed by atoms with Crippen molar-refractivity contribution in [3.05, 3.63) is 35.5 Å². The monoisotopic (exact) mass is 380 g/mol. The molecule has 3 rings (SSSR count). The molecule has 0 aliphatic heterocycles. The molecule has 27 heavy (non-hydrogen) atoms. The van der Waals surface area contributed by atoms with Gasteiger partial charge in [-0.2, -0.15) is 0 Å². The largest absolute Gasteiger partial charge is 0.349 e. The standard InChI is InChI=1S/C15H19F2N3O.C5H11N/c1-2-9-20-10-11(3-4-13(20)18)14(21)19-12-5-7-15(16,17)8-6-12;6-5-3-1-2-4-5/h2-4,9-10,12,18H,5-8H2,1H3,(H,19,21);5H,1-4,6H2/b9-2+,18-13?;. The third-order valence-corrected chi connectivity index (χ3v) is 5.00. The van der Waals surface area contributed by atoms with Gasteiger partial charge in [0.2, 0.25) is 5.92 Å². The SMILES string of the molecule is C/C=C/n1cc(C(=O)NC2CCC(F)(F)CC2)ccc1=N.NC1CCCC1. The molecule has 0 unspecified atom stereocenters. The number of hydrogen-bond acceptors (Lipinski definition) is 3. The summed E-state index contributed by atoms with van der Waals surface area (Å²) in [6.07, 6.45) is 10.5. The average molecular weight is 380 g/mol. The van der Waals surface area contributed by atoms with E-state index in [0.29, 0.717) is 24.4 Å². The number of carbonyl (C=O) groups is 1. The molecule has 2 aliphatic carbocycles. The summed E-state index contributed by atoms with van der Waals surface area (Å²) in [6.45, 7) is 1.82. The van der Waals surface area contributed by atoms with Crippen molar-refractivity contribution in [1.29, 1.82) is 5.41 Å². The van der Waals surface area contributed by atoms with E-state index in [2.05, 4.69) is 5.32 Å². The topological polar surface area (TPSA) is 83.9 Å². The molecule has 4 N–H and O–H groups in total. The van der Waals surface area contributed by atoms with Gasteiger partial charge in [-0.1, -0.05) is 18.9 Å². The summed E-state index contributed by atoms with van der Waals surface area (Å²) in [6, 6.07) is 3.44. The predicted octanol–water partition coefficient (Wildman–Crippen LogP) is 3.65. The van der Waals surface area contributed by atoms with Gasteiger partial charge in [-0.3, -0.25) is 10.2 Å². The zero-order chi connectivity index (χ0) is 19.9. The van der Waals surface area contributed by atoms with E-state index in [-0.39, 0.29) is 30.3 Å². The number of amides is 1. The van der Waals surface area contributed by atoms with Gasteiger partial charge < -0.3 is 15.6 Å². The number of halogens is 2. The van der Waals surface area contributed by atoms with Gasteiger partial charge in [-0.15, -0.1) is 0 Å². The lowest BCUT2D eigenvalue weighted by molar-refractivity contribution is -0.0399. The molecule has 2 fully saturated rings. The van der Waals surface area contributed by atoms with Gasteiger partial charge in [-0.05, 0) is 44.7 Å². The molecule has 7 heteroatoms. The number of rotatable bonds is 3. The quantitative estimate of drug-likeness (QED) is 0.748. The summed E-state index contributed by atoms with van der Waals surface area (Å²) in [5, 5.41) is 10.5. The third-order valence-electron chi connectivity index (χ3n) is 5.00. The molecular weight excluding hydrogens is 350 g/mol. The summed E-state index contributed by atoms with van der Waals surface area (Å²) in [7, 11) is 0. The Balaban J connectivity index is 0.000000369. The maximum absolute atomic E-state index is 13.1. The fourth-order valence-electron chi connectivity index (χ4n) is 3.35. The van der Waals surface area contributed by atoms with Gasteiger partial charge >= 0.3 is 0 Å². The maximum atomic E-state index is 13.1. The number of allylic oxidation sites excluding steroid dienone is 1. The summed E-state index contributed by atoms with van der Waals surface area (Å²) >= 11 is 0. The van der Waals surface area contributed by atoms with Gasteiger partial charge in [-0.25, -0.2) is 8.78 Å². The highest BCUT2D eigenvalue weighted by Gasteiger charge is 2.35. The van der Waals surface area contributed by atoms with Crippen molar-refractivity contribution in [2.24, 2.45) is 5.73 Å². The van der Waals surface area contributed by atoms with E-state index in [4.69, 9.17) is 11.1 Å². The second-order valence-corrected chi connectivity index (χ2v) is 7.34. The van der Waals surface area contributed by atoms with Crippen molar-refractivity contribution in [2.75, 3.05) is 0 Å². The first kappa shape index (κ1) is 21.3. The van der Waals surface area contributed by atoms with Crippen LogP contribution in [0.2, 0.25) is 0 Å². The van der Waals surface area contributed by atoms with Crippen LogP contribution < -0.4 is 16.5 Å². The minimum absolute atomic E-state index is 0.178. The number of nitrogens with zero attached hydrogens (tertiary/aromatic N) is 1. The minimum atomic E-state index is -2.59. The second-order valence-electron chi connectivity index (χ2n) is 7.34. The van der Waals surface area contributed by atoms with Gasteiger partial charge in [0.05, 0.1) is 5.56 Å². The molecule has 0 aromatic carbocycles. The Morgan fingerprint density at radius 3 is 2.41 bits per heavy atom. The van der Waals surface area contributed by atoms with E-state index in [0.717, 1.165) is 0 Å². The molecular formula is C20H30F2N4O. The molecule has 5 nitrogen and oxygen atoms in total. The van der Waals surface area contributed by atoms with Crippen LogP contribution in [-0.2, 0) is 0 Å². The van der Waals surface area contributed by atoms with Crippen molar-refractivity contribution >= 4 is 12.1 Å². The van der Waals surface area contributed by atoms with Crippen molar-refractivity contribution in [2.45, 2.75) is 76.3 Å². The van der Waals surface area contributed by atoms with Gasteiger partial charge in [0.1, 0.15) is 5.49 Å². The number of carbonyl (C=O) groups excluding carboxylic acids is 1. The fourth-order valence-corrected chi connectivity index (χ4v) is 3.35. The Labute approximate surface area is 159 Å². The number of nitrogens with two attached hydrogens (primary N) is 1. The summed E-state index contributed by atoms with van der Waals surface area (Å²) in [5.41, 5.74) is 6.22.